The lowest BCUT2D eigenvalue weighted by molar-refractivity contribution is -0.116. The first-order chi connectivity index (χ1) is 7.61. The summed E-state index contributed by atoms with van der Waals surface area (Å²) < 4.78 is 0. The fraction of sp³-hybridized carbons (Fsp3) is 0.500. The average Bonchev–Trinajstić information content (AvgIpc) is 2.20. The van der Waals surface area contributed by atoms with Crippen LogP contribution in [0.1, 0.15) is 39.2 Å². The van der Waals surface area contributed by atoms with Crippen LogP contribution in [-0.2, 0) is 11.2 Å². The van der Waals surface area contributed by atoms with Crippen molar-refractivity contribution in [3.05, 3.63) is 29.8 Å². The first-order valence-electron chi connectivity index (χ1n) is 6.00. The van der Waals surface area contributed by atoms with Gasteiger partial charge >= 0.3 is 0 Å². The van der Waals surface area contributed by atoms with Crippen molar-refractivity contribution in [2.75, 3.05) is 5.32 Å². The highest BCUT2D eigenvalue weighted by atomic mass is 16.1. The van der Waals surface area contributed by atoms with Crippen LogP contribution in [0.3, 0.4) is 0 Å². The van der Waals surface area contributed by atoms with E-state index in [-0.39, 0.29) is 5.91 Å². The molecule has 0 bridgehead atoms. The normalized spacial score (nSPS) is 10.5. The van der Waals surface area contributed by atoms with Crippen molar-refractivity contribution in [2.45, 2.75) is 40.0 Å². The van der Waals surface area contributed by atoms with Crippen LogP contribution < -0.4 is 5.32 Å². The smallest absolute Gasteiger partial charge is 0.224 e. The van der Waals surface area contributed by atoms with Crippen LogP contribution in [0.2, 0.25) is 0 Å². The van der Waals surface area contributed by atoms with Gasteiger partial charge in [0, 0.05) is 12.1 Å². The lowest BCUT2D eigenvalue weighted by atomic mass is 10.1. The average molecular weight is 219 g/mol. The van der Waals surface area contributed by atoms with E-state index in [1.54, 1.807) is 0 Å². The third-order valence-corrected chi connectivity index (χ3v) is 2.37. The maximum Gasteiger partial charge on any atom is 0.224 e. The van der Waals surface area contributed by atoms with Gasteiger partial charge in [-0.2, -0.15) is 0 Å². The number of amides is 1. The van der Waals surface area contributed by atoms with Gasteiger partial charge in [0.1, 0.15) is 0 Å². The van der Waals surface area contributed by atoms with Crippen LogP contribution in [0, 0.1) is 5.92 Å². The highest BCUT2D eigenvalue weighted by molar-refractivity contribution is 5.90. The van der Waals surface area contributed by atoms with Crippen molar-refractivity contribution in [3.8, 4) is 0 Å². The molecule has 2 heteroatoms. The van der Waals surface area contributed by atoms with E-state index in [0.717, 1.165) is 18.5 Å². The topological polar surface area (TPSA) is 29.1 Å². The standard InChI is InChI=1S/C14H21NO/c1-4-5-12-6-8-13(9-7-12)15-14(16)10-11(2)3/h6-9,11H,4-5,10H2,1-3H3,(H,15,16). The molecule has 0 fully saturated rings. The molecule has 1 aromatic carbocycles. The molecule has 0 saturated heterocycles. The second-order valence-electron chi connectivity index (χ2n) is 4.59. The van der Waals surface area contributed by atoms with Gasteiger partial charge < -0.3 is 5.32 Å². The van der Waals surface area contributed by atoms with Gasteiger partial charge in [0.05, 0.1) is 0 Å². The van der Waals surface area contributed by atoms with Crippen molar-refractivity contribution in [1.29, 1.82) is 0 Å². The summed E-state index contributed by atoms with van der Waals surface area (Å²) >= 11 is 0. The number of carbonyl (C=O) groups is 1. The van der Waals surface area contributed by atoms with Crippen LogP contribution >= 0.6 is 0 Å². The van der Waals surface area contributed by atoms with Crippen molar-refractivity contribution in [1.82, 2.24) is 0 Å². The van der Waals surface area contributed by atoms with E-state index in [1.165, 1.54) is 5.56 Å². The number of carbonyl (C=O) groups excluding carboxylic acids is 1. The summed E-state index contributed by atoms with van der Waals surface area (Å²) in [4.78, 5) is 11.5. The van der Waals surface area contributed by atoms with Crippen molar-refractivity contribution >= 4 is 11.6 Å². The van der Waals surface area contributed by atoms with Gasteiger partial charge in [0.15, 0.2) is 0 Å². The SMILES string of the molecule is CCCc1ccc(NC(=O)CC(C)C)cc1. The Hall–Kier alpha value is -1.31. The summed E-state index contributed by atoms with van der Waals surface area (Å²) in [6.07, 6.45) is 2.83. The number of anilines is 1. The summed E-state index contributed by atoms with van der Waals surface area (Å²) in [5.74, 6) is 0.498. The molecule has 2 nitrogen and oxygen atoms in total. The number of benzene rings is 1. The Morgan fingerprint density at radius 2 is 1.88 bits per heavy atom. The van der Waals surface area contributed by atoms with Crippen molar-refractivity contribution < 1.29 is 4.79 Å². The van der Waals surface area contributed by atoms with E-state index < -0.39 is 0 Å². The molecule has 0 spiro atoms. The number of aryl methyl sites for hydroxylation is 1. The van der Waals surface area contributed by atoms with E-state index in [0.29, 0.717) is 12.3 Å². The molecule has 0 heterocycles. The van der Waals surface area contributed by atoms with E-state index in [9.17, 15) is 4.79 Å². The fourth-order valence-corrected chi connectivity index (χ4v) is 1.63. The quantitative estimate of drug-likeness (QED) is 0.805. The molecule has 0 radical (unpaired) electrons. The van der Waals surface area contributed by atoms with Gasteiger partial charge in [-0.15, -0.1) is 0 Å². The highest BCUT2D eigenvalue weighted by Gasteiger charge is 2.04. The minimum atomic E-state index is 0.0956. The minimum Gasteiger partial charge on any atom is -0.326 e. The van der Waals surface area contributed by atoms with Crippen LogP contribution in [0.25, 0.3) is 0 Å². The number of rotatable bonds is 5. The van der Waals surface area contributed by atoms with Crippen LogP contribution in [-0.4, -0.2) is 5.91 Å². The van der Waals surface area contributed by atoms with Crippen molar-refractivity contribution in [3.63, 3.8) is 0 Å². The predicted molar refractivity (Wildman–Crippen MR) is 68.5 cm³/mol. The van der Waals surface area contributed by atoms with Gasteiger partial charge in [0.2, 0.25) is 5.91 Å². The monoisotopic (exact) mass is 219 g/mol. The summed E-state index contributed by atoms with van der Waals surface area (Å²) in [6.45, 7) is 6.26. The zero-order valence-corrected chi connectivity index (χ0v) is 10.4. The Morgan fingerprint density at radius 1 is 1.25 bits per heavy atom. The second kappa shape index (κ2) is 6.31. The van der Waals surface area contributed by atoms with E-state index in [4.69, 9.17) is 0 Å². The molecule has 0 aliphatic heterocycles. The van der Waals surface area contributed by atoms with Gasteiger partial charge in [-0.1, -0.05) is 39.3 Å². The molecule has 0 aromatic heterocycles. The number of nitrogens with one attached hydrogen (secondary N) is 1. The van der Waals surface area contributed by atoms with Crippen LogP contribution in [0.15, 0.2) is 24.3 Å². The Morgan fingerprint density at radius 3 is 2.38 bits per heavy atom. The zero-order chi connectivity index (χ0) is 12.0. The molecule has 16 heavy (non-hydrogen) atoms. The van der Waals surface area contributed by atoms with E-state index >= 15 is 0 Å². The molecule has 0 aliphatic carbocycles. The van der Waals surface area contributed by atoms with Gasteiger partial charge in [-0.05, 0) is 30.0 Å². The molecular weight excluding hydrogens is 198 g/mol. The third kappa shape index (κ3) is 4.47. The van der Waals surface area contributed by atoms with Gasteiger partial charge in [0.25, 0.3) is 0 Å². The molecule has 1 amide bonds. The summed E-state index contributed by atoms with van der Waals surface area (Å²) in [5.41, 5.74) is 2.22. The Labute approximate surface area is 98.1 Å². The maximum absolute atomic E-state index is 11.5. The first kappa shape index (κ1) is 12.8. The molecule has 0 saturated carbocycles. The molecule has 1 aromatic rings. The molecule has 88 valence electrons. The molecular formula is C14H21NO. The molecule has 0 unspecified atom stereocenters. The number of hydrogen-bond acceptors (Lipinski definition) is 1. The Kier molecular flexibility index (Phi) is 5.03. The molecule has 0 atom stereocenters. The van der Waals surface area contributed by atoms with Crippen molar-refractivity contribution in [2.24, 2.45) is 5.92 Å². The largest absolute Gasteiger partial charge is 0.326 e. The summed E-state index contributed by atoms with van der Waals surface area (Å²) in [7, 11) is 0. The lowest BCUT2D eigenvalue weighted by Crippen LogP contribution is -2.13. The zero-order valence-electron chi connectivity index (χ0n) is 10.4. The fourth-order valence-electron chi connectivity index (χ4n) is 1.63. The second-order valence-corrected chi connectivity index (χ2v) is 4.59. The molecule has 1 rings (SSSR count). The van der Waals surface area contributed by atoms with Gasteiger partial charge in [-0.3, -0.25) is 4.79 Å². The van der Waals surface area contributed by atoms with Crippen LogP contribution in [0.4, 0.5) is 5.69 Å². The van der Waals surface area contributed by atoms with E-state index in [2.05, 4.69) is 24.4 Å². The lowest BCUT2D eigenvalue weighted by Gasteiger charge is -2.07. The maximum atomic E-state index is 11.5. The third-order valence-electron chi connectivity index (χ3n) is 2.37. The Bertz CT molecular complexity index is 327. The summed E-state index contributed by atoms with van der Waals surface area (Å²) in [6, 6.07) is 8.11. The van der Waals surface area contributed by atoms with Crippen LogP contribution in [0.5, 0.6) is 0 Å². The summed E-state index contributed by atoms with van der Waals surface area (Å²) in [5, 5.41) is 2.90. The predicted octanol–water partition coefficient (Wildman–Crippen LogP) is 3.62. The molecule has 1 N–H and O–H groups in total. The minimum absolute atomic E-state index is 0.0956. The van der Waals surface area contributed by atoms with E-state index in [1.807, 2.05) is 26.0 Å². The molecule has 0 aliphatic rings. The number of hydrogen-bond donors (Lipinski definition) is 1. The van der Waals surface area contributed by atoms with Gasteiger partial charge in [-0.25, -0.2) is 0 Å². The highest BCUT2D eigenvalue weighted by Crippen LogP contribution is 2.12. The first-order valence-corrected chi connectivity index (χ1v) is 6.00. The Balaban J connectivity index is 2.51.